The fraction of sp³-hybridized carbons (Fsp3) is 0.468. The molecular formula is C47H55F3N8O7. The topological polar surface area (TPSA) is 171 Å². The highest BCUT2D eigenvalue weighted by Crippen LogP contribution is 2.38. The lowest BCUT2D eigenvalue weighted by molar-refractivity contribution is -0.137. The van der Waals surface area contributed by atoms with Gasteiger partial charge in [0, 0.05) is 75.4 Å². The number of amides is 4. The molecule has 3 fully saturated rings. The largest absolute Gasteiger partial charge is 0.416 e. The molecule has 1 aliphatic carbocycles. The molecule has 1 aromatic heterocycles. The van der Waals surface area contributed by atoms with Crippen molar-refractivity contribution in [3.8, 4) is 0 Å². The fourth-order valence-corrected chi connectivity index (χ4v) is 9.24. The molecule has 4 heterocycles. The Morgan fingerprint density at radius 1 is 0.877 bits per heavy atom. The van der Waals surface area contributed by atoms with Crippen LogP contribution in [0.5, 0.6) is 0 Å². The second-order valence-corrected chi connectivity index (χ2v) is 17.1. The molecule has 3 aromatic carbocycles. The summed E-state index contributed by atoms with van der Waals surface area (Å²) in [5, 5.41) is 18.4. The van der Waals surface area contributed by atoms with Crippen molar-refractivity contribution in [2.45, 2.75) is 63.3 Å². The van der Waals surface area contributed by atoms with E-state index in [0.717, 1.165) is 86.5 Å². The molecule has 4 aromatic rings. The van der Waals surface area contributed by atoms with Gasteiger partial charge in [0.25, 0.3) is 17.7 Å². The Bertz CT molecular complexity index is 2410. The molecule has 4 aliphatic rings. The number of fused-ring (bicyclic) bond motifs is 2. The Kier molecular flexibility index (Phi) is 14.3. The summed E-state index contributed by atoms with van der Waals surface area (Å²) >= 11 is 0. The number of rotatable bonds is 17. The standard InChI is InChI=1S/C47H55F3N8O7/c1-30-8-14-40(43(61)52-30)58-44(62)36-6-3-7-37(41(36)45(58)63)51-16-22-64-24-25-65-23-21-55-17-19-56(20-18-55)28-32-11-15-39-38(26-32)53-46(57(39)35-12-9-31(29-59)10-13-35)54-42(60)33-4-2-5-34(27-33)47(48,49)50/h2-7,11,15,26-27,31,35,40,51,59H,1,8-10,12-14,16-25,28-29H2,(H,52,61)(H,53,54,60). The average molecular weight is 901 g/mol. The molecule has 15 nitrogen and oxygen atoms in total. The number of aromatic nitrogens is 2. The van der Waals surface area contributed by atoms with Crippen LogP contribution < -0.4 is 16.0 Å². The Balaban J connectivity index is 0.763. The van der Waals surface area contributed by atoms with Gasteiger partial charge in [0.1, 0.15) is 6.04 Å². The number of nitrogens with zero attached hydrogens (tertiary/aromatic N) is 5. The number of anilines is 2. The average Bonchev–Trinajstić information content (AvgIpc) is 3.78. The molecular weight excluding hydrogens is 846 g/mol. The van der Waals surface area contributed by atoms with Crippen molar-refractivity contribution < 1.29 is 46.9 Å². The Morgan fingerprint density at radius 2 is 1.62 bits per heavy atom. The van der Waals surface area contributed by atoms with Crippen LogP contribution in [0.3, 0.4) is 0 Å². The normalized spacial score (nSPS) is 20.9. The van der Waals surface area contributed by atoms with Gasteiger partial charge in [-0.05, 0) is 92.5 Å². The molecule has 1 unspecified atom stereocenters. The number of piperidine rings is 1. The third-order valence-electron chi connectivity index (χ3n) is 12.8. The predicted molar refractivity (Wildman–Crippen MR) is 236 cm³/mol. The SMILES string of the molecule is C=C1CCC(N2C(=O)c3cccc(NCCOCCOCCN4CCN(Cc5ccc6c(c5)nc(NC(=O)c5cccc(C(F)(F)F)c5)n6C5CCC(CO)CC5)CC4)c3C2=O)C(=O)N1. The number of benzene rings is 3. The van der Waals surface area contributed by atoms with E-state index in [-0.39, 0.29) is 35.3 Å². The minimum atomic E-state index is -4.58. The number of aliphatic hydroxyl groups excluding tert-OH is 1. The van der Waals surface area contributed by atoms with E-state index >= 15 is 0 Å². The second kappa shape index (κ2) is 20.2. The number of alkyl halides is 3. The monoisotopic (exact) mass is 900 g/mol. The molecule has 1 atom stereocenters. The first-order chi connectivity index (χ1) is 31.4. The van der Waals surface area contributed by atoms with E-state index in [1.54, 1.807) is 18.2 Å². The highest BCUT2D eigenvalue weighted by molar-refractivity contribution is 6.25. The molecule has 1 saturated carbocycles. The van der Waals surface area contributed by atoms with Gasteiger partial charge in [0.15, 0.2) is 0 Å². The molecule has 0 bridgehead atoms. The number of imidazole rings is 1. The Hall–Kier alpha value is -5.66. The third-order valence-corrected chi connectivity index (χ3v) is 12.8. The molecule has 8 rings (SSSR count). The summed E-state index contributed by atoms with van der Waals surface area (Å²) in [6.07, 6.45) is -0.540. The number of hydrogen-bond donors (Lipinski definition) is 4. The number of allylic oxidation sites excluding steroid dienone is 1. The van der Waals surface area contributed by atoms with E-state index in [1.165, 1.54) is 12.1 Å². The molecule has 65 heavy (non-hydrogen) atoms. The zero-order chi connectivity index (χ0) is 45.7. The first-order valence-corrected chi connectivity index (χ1v) is 22.3. The maximum Gasteiger partial charge on any atom is 0.416 e. The van der Waals surface area contributed by atoms with E-state index in [9.17, 15) is 37.5 Å². The van der Waals surface area contributed by atoms with Crippen molar-refractivity contribution in [2.75, 3.05) is 82.9 Å². The fourth-order valence-electron chi connectivity index (χ4n) is 9.24. The highest BCUT2D eigenvalue weighted by atomic mass is 19.4. The van der Waals surface area contributed by atoms with Crippen LogP contribution in [0, 0.1) is 5.92 Å². The number of aliphatic hydroxyl groups is 1. The molecule has 18 heteroatoms. The van der Waals surface area contributed by atoms with Crippen molar-refractivity contribution in [3.63, 3.8) is 0 Å². The first-order valence-electron chi connectivity index (χ1n) is 22.3. The van der Waals surface area contributed by atoms with E-state index in [2.05, 4.69) is 38.4 Å². The number of hydrogen-bond acceptors (Lipinski definition) is 11. The third kappa shape index (κ3) is 10.6. The van der Waals surface area contributed by atoms with Crippen LogP contribution in [0.4, 0.5) is 24.8 Å². The summed E-state index contributed by atoms with van der Waals surface area (Å²) in [5.74, 6) is -1.53. The van der Waals surface area contributed by atoms with Crippen LogP contribution in [0.1, 0.15) is 86.8 Å². The van der Waals surface area contributed by atoms with Gasteiger partial charge in [-0.15, -0.1) is 0 Å². The van der Waals surface area contributed by atoms with Crippen LogP contribution in [0.2, 0.25) is 0 Å². The summed E-state index contributed by atoms with van der Waals surface area (Å²) in [4.78, 5) is 63.0. The maximum absolute atomic E-state index is 13.4. The summed E-state index contributed by atoms with van der Waals surface area (Å²) in [5.41, 5.74) is 3.22. The molecule has 3 aliphatic heterocycles. The molecule has 4 amide bonds. The quantitative estimate of drug-likeness (QED) is 0.0760. The Labute approximate surface area is 374 Å². The van der Waals surface area contributed by atoms with Crippen LogP contribution in [-0.4, -0.2) is 131 Å². The summed E-state index contributed by atoms with van der Waals surface area (Å²) in [6, 6.07) is 14.6. The maximum atomic E-state index is 13.4. The lowest BCUT2D eigenvalue weighted by Gasteiger charge is -2.34. The number of halogens is 3. The Morgan fingerprint density at radius 3 is 2.35 bits per heavy atom. The smallest absolute Gasteiger partial charge is 0.396 e. The predicted octanol–water partition coefficient (Wildman–Crippen LogP) is 5.68. The number of carbonyl (C=O) groups excluding carboxylic acids is 4. The van der Waals surface area contributed by atoms with Gasteiger partial charge in [-0.2, -0.15) is 13.2 Å². The number of carbonyl (C=O) groups is 4. The molecule has 0 spiro atoms. The molecule has 2 saturated heterocycles. The van der Waals surface area contributed by atoms with Crippen molar-refractivity contribution in [3.05, 3.63) is 101 Å². The molecule has 346 valence electrons. The summed E-state index contributed by atoms with van der Waals surface area (Å²) < 4.78 is 53.9. The number of nitrogens with one attached hydrogen (secondary N) is 3. The highest BCUT2D eigenvalue weighted by Gasteiger charge is 2.45. The van der Waals surface area contributed by atoms with Gasteiger partial charge < -0.3 is 29.8 Å². The van der Waals surface area contributed by atoms with Gasteiger partial charge in [0.2, 0.25) is 11.9 Å². The number of piperazine rings is 1. The van der Waals surface area contributed by atoms with Crippen LogP contribution in [0.15, 0.2) is 72.9 Å². The van der Waals surface area contributed by atoms with Gasteiger partial charge in [-0.25, -0.2) is 4.98 Å². The second-order valence-electron chi connectivity index (χ2n) is 17.1. The minimum absolute atomic E-state index is 0.0111. The molecule has 4 N–H and O–H groups in total. The van der Waals surface area contributed by atoms with E-state index < -0.39 is 41.4 Å². The van der Waals surface area contributed by atoms with Crippen LogP contribution in [-0.2, 0) is 27.0 Å². The van der Waals surface area contributed by atoms with Gasteiger partial charge >= 0.3 is 6.18 Å². The number of ether oxygens (including phenoxy) is 2. The summed E-state index contributed by atoms with van der Waals surface area (Å²) in [7, 11) is 0. The van der Waals surface area contributed by atoms with Crippen LogP contribution >= 0.6 is 0 Å². The zero-order valence-electron chi connectivity index (χ0n) is 36.2. The van der Waals surface area contributed by atoms with Crippen molar-refractivity contribution in [1.82, 2.24) is 29.6 Å². The first kappa shape index (κ1) is 45.9. The lowest BCUT2D eigenvalue weighted by atomic mass is 9.86. The van der Waals surface area contributed by atoms with E-state index in [1.807, 2.05) is 16.7 Å². The van der Waals surface area contributed by atoms with Gasteiger partial charge in [-0.3, -0.25) is 39.2 Å². The summed E-state index contributed by atoms with van der Waals surface area (Å²) in [6.45, 7) is 11.0. The van der Waals surface area contributed by atoms with Gasteiger partial charge in [0.05, 0.1) is 54.2 Å². The van der Waals surface area contributed by atoms with Crippen molar-refractivity contribution in [2.24, 2.45) is 5.92 Å². The van der Waals surface area contributed by atoms with E-state index in [4.69, 9.17) is 14.5 Å². The van der Waals surface area contributed by atoms with Gasteiger partial charge in [-0.1, -0.05) is 24.8 Å². The van der Waals surface area contributed by atoms with E-state index in [0.29, 0.717) is 75.2 Å². The van der Waals surface area contributed by atoms with Crippen molar-refractivity contribution >= 4 is 46.3 Å². The molecule has 0 radical (unpaired) electrons. The van der Waals surface area contributed by atoms with Crippen molar-refractivity contribution in [1.29, 1.82) is 0 Å². The van der Waals surface area contributed by atoms with Crippen LogP contribution in [0.25, 0.3) is 11.0 Å². The minimum Gasteiger partial charge on any atom is -0.396 e. The zero-order valence-corrected chi connectivity index (χ0v) is 36.2. The lowest BCUT2D eigenvalue weighted by Crippen LogP contribution is -2.51. The number of imide groups is 1.